The van der Waals surface area contributed by atoms with E-state index in [1.165, 1.54) is 6.92 Å². The van der Waals surface area contributed by atoms with Gasteiger partial charge in [0.05, 0.1) is 5.54 Å². The van der Waals surface area contributed by atoms with Crippen LogP contribution in [0.15, 0.2) is 0 Å². The normalized spacial score (nSPS) is 10.8. The number of carbonyl (C=O) groups is 2. The van der Waals surface area contributed by atoms with Crippen molar-refractivity contribution in [3.05, 3.63) is 0 Å². The Morgan fingerprint density at radius 2 is 1.85 bits per heavy atom. The van der Waals surface area contributed by atoms with Gasteiger partial charge in [0.15, 0.2) is 6.61 Å². The molecule has 0 aliphatic heterocycles. The van der Waals surface area contributed by atoms with Gasteiger partial charge in [-0.25, -0.2) is 5.84 Å². The lowest BCUT2D eigenvalue weighted by molar-refractivity contribution is -0.152. The Morgan fingerprint density at radius 3 is 2.15 bits per heavy atom. The van der Waals surface area contributed by atoms with E-state index in [1.54, 1.807) is 20.8 Å². The fourth-order valence-corrected chi connectivity index (χ4v) is 0.607. The molecule has 0 heterocycles. The van der Waals surface area contributed by atoms with Gasteiger partial charge in [-0.15, -0.1) is 0 Å². The first kappa shape index (κ1) is 11.9. The van der Waals surface area contributed by atoms with Gasteiger partial charge in [0, 0.05) is 6.92 Å². The molecule has 0 atom stereocenters. The molecule has 13 heavy (non-hydrogen) atoms. The minimum atomic E-state index is -0.490. The van der Waals surface area contributed by atoms with Crippen molar-refractivity contribution in [2.75, 3.05) is 6.61 Å². The number of rotatable bonds is 2. The van der Waals surface area contributed by atoms with Crippen LogP contribution in [0.3, 0.4) is 0 Å². The number of nitrogens with zero attached hydrogens (tertiary/aromatic N) is 1. The first-order chi connectivity index (χ1) is 5.75. The molecule has 0 rings (SSSR count). The molecule has 1 amide bonds. The van der Waals surface area contributed by atoms with Gasteiger partial charge in [0.1, 0.15) is 0 Å². The summed E-state index contributed by atoms with van der Waals surface area (Å²) in [5.74, 6) is 4.57. The van der Waals surface area contributed by atoms with Crippen molar-refractivity contribution in [1.29, 1.82) is 0 Å². The quantitative estimate of drug-likeness (QED) is 0.287. The fourth-order valence-electron chi connectivity index (χ4n) is 0.607. The summed E-state index contributed by atoms with van der Waals surface area (Å²) >= 11 is 0. The highest BCUT2D eigenvalue weighted by Gasteiger charge is 2.23. The number of hydrazine groups is 1. The second kappa shape index (κ2) is 4.23. The SMILES string of the molecule is CC(=O)OCC(=O)N(N)C(C)(C)C. The van der Waals surface area contributed by atoms with E-state index in [0.717, 1.165) is 5.01 Å². The molecule has 0 saturated carbocycles. The summed E-state index contributed by atoms with van der Waals surface area (Å²) in [7, 11) is 0. The molecule has 0 bridgehead atoms. The predicted octanol–water partition coefficient (Wildman–Crippen LogP) is 0.0503. The van der Waals surface area contributed by atoms with Crippen LogP contribution in [0.2, 0.25) is 0 Å². The Morgan fingerprint density at radius 1 is 1.38 bits per heavy atom. The third kappa shape index (κ3) is 4.47. The lowest BCUT2D eigenvalue weighted by Crippen LogP contribution is -2.51. The van der Waals surface area contributed by atoms with Gasteiger partial charge < -0.3 is 4.74 Å². The first-order valence-corrected chi connectivity index (χ1v) is 3.96. The molecule has 5 nitrogen and oxygen atoms in total. The van der Waals surface area contributed by atoms with E-state index in [9.17, 15) is 9.59 Å². The molecule has 0 aromatic heterocycles. The largest absolute Gasteiger partial charge is 0.456 e. The highest BCUT2D eigenvalue weighted by atomic mass is 16.5. The molecule has 0 aliphatic rings. The summed E-state index contributed by atoms with van der Waals surface area (Å²) in [6.45, 7) is 6.31. The van der Waals surface area contributed by atoms with Gasteiger partial charge in [0.25, 0.3) is 5.91 Å². The summed E-state index contributed by atoms with van der Waals surface area (Å²) in [4.78, 5) is 21.6. The average molecular weight is 188 g/mol. The first-order valence-electron chi connectivity index (χ1n) is 3.96. The van der Waals surface area contributed by atoms with Crippen molar-refractivity contribution in [3.63, 3.8) is 0 Å². The minimum Gasteiger partial charge on any atom is -0.456 e. The second-order valence-corrected chi connectivity index (χ2v) is 3.71. The molecule has 76 valence electrons. The molecule has 0 aromatic rings. The molecular formula is C8H16N2O3. The highest BCUT2D eigenvalue weighted by molar-refractivity contribution is 5.80. The Kier molecular flexibility index (Phi) is 3.87. The molecule has 0 spiro atoms. The van der Waals surface area contributed by atoms with E-state index in [0.29, 0.717) is 0 Å². The number of carbonyl (C=O) groups excluding carboxylic acids is 2. The van der Waals surface area contributed by atoms with Crippen LogP contribution < -0.4 is 5.84 Å². The lowest BCUT2D eigenvalue weighted by Gasteiger charge is -2.30. The Hall–Kier alpha value is -1.10. The predicted molar refractivity (Wildman–Crippen MR) is 47.4 cm³/mol. The molecule has 0 fully saturated rings. The average Bonchev–Trinajstić information content (AvgIpc) is 1.96. The minimum absolute atomic E-state index is 0.302. The molecule has 0 radical (unpaired) electrons. The van der Waals surface area contributed by atoms with E-state index in [1.807, 2.05) is 0 Å². The van der Waals surface area contributed by atoms with Crippen LogP contribution in [0.4, 0.5) is 0 Å². The lowest BCUT2D eigenvalue weighted by atomic mass is 10.1. The van der Waals surface area contributed by atoms with Gasteiger partial charge in [0.2, 0.25) is 0 Å². The van der Waals surface area contributed by atoms with E-state index < -0.39 is 17.4 Å². The number of hydrogen-bond acceptors (Lipinski definition) is 4. The van der Waals surface area contributed by atoms with E-state index >= 15 is 0 Å². The van der Waals surface area contributed by atoms with E-state index in [-0.39, 0.29) is 6.61 Å². The van der Waals surface area contributed by atoms with Gasteiger partial charge in [-0.05, 0) is 20.8 Å². The van der Waals surface area contributed by atoms with Gasteiger partial charge >= 0.3 is 5.97 Å². The van der Waals surface area contributed by atoms with Gasteiger partial charge in [-0.3, -0.25) is 14.6 Å². The van der Waals surface area contributed by atoms with Crippen molar-refractivity contribution >= 4 is 11.9 Å². The number of esters is 1. The topological polar surface area (TPSA) is 72.6 Å². The molecule has 2 N–H and O–H groups in total. The van der Waals surface area contributed by atoms with Crippen molar-refractivity contribution < 1.29 is 14.3 Å². The zero-order valence-corrected chi connectivity index (χ0v) is 8.46. The van der Waals surface area contributed by atoms with Crippen LogP contribution >= 0.6 is 0 Å². The maximum absolute atomic E-state index is 11.2. The fraction of sp³-hybridized carbons (Fsp3) is 0.750. The van der Waals surface area contributed by atoms with Gasteiger partial charge in [-0.2, -0.15) is 0 Å². The van der Waals surface area contributed by atoms with Crippen LogP contribution in [0, 0.1) is 0 Å². The van der Waals surface area contributed by atoms with Gasteiger partial charge in [-0.1, -0.05) is 0 Å². The zero-order chi connectivity index (χ0) is 10.6. The number of ether oxygens (including phenoxy) is 1. The molecule has 0 unspecified atom stereocenters. The third-order valence-corrected chi connectivity index (χ3v) is 1.39. The summed E-state index contributed by atoms with van der Waals surface area (Å²) in [5, 5.41) is 1.05. The second-order valence-electron chi connectivity index (χ2n) is 3.71. The standard InChI is InChI=1S/C8H16N2O3/c1-6(11)13-5-7(12)10(9)8(2,3)4/h5,9H2,1-4H3. The smallest absolute Gasteiger partial charge is 0.303 e. The zero-order valence-electron chi connectivity index (χ0n) is 8.46. The molecule has 0 aliphatic carbocycles. The molecule has 0 saturated heterocycles. The molecule has 5 heteroatoms. The summed E-state index contributed by atoms with van der Waals surface area (Å²) in [5.41, 5.74) is -0.461. The maximum Gasteiger partial charge on any atom is 0.303 e. The summed E-state index contributed by atoms with van der Waals surface area (Å²) in [6, 6.07) is 0. The maximum atomic E-state index is 11.2. The number of nitrogens with two attached hydrogens (primary N) is 1. The van der Waals surface area contributed by atoms with Crippen LogP contribution in [0.1, 0.15) is 27.7 Å². The van der Waals surface area contributed by atoms with E-state index in [2.05, 4.69) is 4.74 Å². The van der Waals surface area contributed by atoms with Crippen molar-refractivity contribution in [2.45, 2.75) is 33.2 Å². The molecular weight excluding hydrogens is 172 g/mol. The van der Waals surface area contributed by atoms with Crippen molar-refractivity contribution in [1.82, 2.24) is 5.01 Å². The number of amides is 1. The van der Waals surface area contributed by atoms with Crippen molar-refractivity contribution in [2.24, 2.45) is 5.84 Å². The number of hydrogen-bond donors (Lipinski definition) is 1. The van der Waals surface area contributed by atoms with Crippen molar-refractivity contribution in [3.8, 4) is 0 Å². The van der Waals surface area contributed by atoms with Crippen LogP contribution in [0.25, 0.3) is 0 Å². The Labute approximate surface area is 77.8 Å². The monoisotopic (exact) mass is 188 g/mol. The van der Waals surface area contributed by atoms with Crippen LogP contribution in [-0.2, 0) is 14.3 Å². The van der Waals surface area contributed by atoms with Crippen LogP contribution in [-0.4, -0.2) is 29.0 Å². The Bertz CT molecular complexity index is 208. The molecule has 0 aromatic carbocycles. The Balaban J connectivity index is 4.05. The summed E-state index contributed by atoms with van der Waals surface area (Å²) in [6.07, 6.45) is 0. The third-order valence-electron chi connectivity index (χ3n) is 1.39. The van der Waals surface area contributed by atoms with Crippen LogP contribution in [0.5, 0.6) is 0 Å². The van der Waals surface area contributed by atoms with E-state index in [4.69, 9.17) is 5.84 Å². The highest BCUT2D eigenvalue weighted by Crippen LogP contribution is 2.07. The summed E-state index contributed by atoms with van der Waals surface area (Å²) < 4.78 is 4.51.